The highest BCUT2D eigenvalue weighted by Gasteiger charge is 2.57. The maximum absolute atomic E-state index is 13.9. The molecule has 3 fully saturated rings. The molecule has 3 amide bonds. The van der Waals surface area contributed by atoms with Crippen LogP contribution in [0.25, 0.3) is 0 Å². The zero-order valence-corrected chi connectivity index (χ0v) is 21.2. The lowest BCUT2D eigenvalue weighted by molar-refractivity contribution is -0.144. The summed E-state index contributed by atoms with van der Waals surface area (Å²) < 4.78 is 11.7. The van der Waals surface area contributed by atoms with E-state index in [0.29, 0.717) is 45.5 Å². The van der Waals surface area contributed by atoms with Crippen LogP contribution in [0.4, 0.5) is 4.79 Å². The Morgan fingerprint density at radius 2 is 1.67 bits per heavy atom. The molecule has 36 heavy (non-hydrogen) atoms. The maximum atomic E-state index is 13.9. The molecule has 2 heterocycles. The molecule has 1 unspecified atom stereocenters. The lowest BCUT2D eigenvalue weighted by Gasteiger charge is -2.41. The molecule has 2 N–H and O–H groups in total. The number of piperidine rings is 1. The van der Waals surface area contributed by atoms with Crippen LogP contribution in [0.2, 0.25) is 0 Å². The average molecular weight is 493 g/mol. The minimum Gasteiger partial charge on any atom is -0.497 e. The molecule has 2 aromatic carbocycles. The van der Waals surface area contributed by atoms with E-state index in [4.69, 9.17) is 15.2 Å². The predicted molar refractivity (Wildman–Crippen MR) is 136 cm³/mol. The maximum Gasteiger partial charge on any atom is 0.314 e. The molecule has 5 rings (SSSR count). The molecule has 2 aromatic rings. The SMILES string of the molecule is COc1ccc(CCN2C(=O)C3(CCN(C(N)=O)CC3)N(C)C2OCc2ccc(C3CC3)cc2)cc1. The van der Waals surface area contributed by atoms with E-state index in [0.717, 1.165) is 22.8 Å². The van der Waals surface area contributed by atoms with Gasteiger partial charge < -0.3 is 25.0 Å². The lowest BCUT2D eigenvalue weighted by atomic mass is 9.86. The van der Waals surface area contributed by atoms with Crippen LogP contribution < -0.4 is 10.5 Å². The number of carbonyl (C=O) groups excluding carboxylic acids is 2. The van der Waals surface area contributed by atoms with Crippen molar-refractivity contribution in [3.05, 3.63) is 65.2 Å². The number of ether oxygens (including phenoxy) is 2. The molecule has 0 aromatic heterocycles. The zero-order valence-electron chi connectivity index (χ0n) is 21.2. The molecular formula is C28H36N4O4. The first-order valence-electron chi connectivity index (χ1n) is 12.8. The van der Waals surface area contributed by atoms with Crippen LogP contribution in [0.15, 0.2) is 48.5 Å². The summed E-state index contributed by atoms with van der Waals surface area (Å²) in [6, 6.07) is 16.2. The monoisotopic (exact) mass is 492 g/mol. The Morgan fingerprint density at radius 1 is 1.03 bits per heavy atom. The number of nitrogens with zero attached hydrogens (tertiary/aromatic N) is 3. The Kier molecular flexibility index (Phi) is 6.90. The van der Waals surface area contributed by atoms with Gasteiger partial charge in [-0.25, -0.2) is 9.69 Å². The summed E-state index contributed by atoms with van der Waals surface area (Å²) in [4.78, 5) is 31.1. The van der Waals surface area contributed by atoms with Crippen molar-refractivity contribution in [3.63, 3.8) is 0 Å². The van der Waals surface area contributed by atoms with Gasteiger partial charge in [0.05, 0.1) is 13.7 Å². The Morgan fingerprint density at radius 3 is 2.25 bits per heavy atom. The molecule has 2 saturated heterocycles. The van der Waals surface area contributed by atoms with Crippen molar-refractivity contribution in [2.45, 2.75) is 56.5 Å². The van der Waals surface area contributed by atoms with Crippen molar-refractivity contribution >= 4 is 11.9 Å². The van der Waals surface area contributed by atoms with Crippen LogP contribution in [0.1, 0.15) is 48.3 Å². The summed E-state index contributed by atoms with van der Waals surface area (Å²) in [5, 5.41) is 0. The number of carbonyl (C=O) groups is 2. The van der Waals surface area contributed by atoms with E-state index in [1.165, 1.54) is 18.4 Å². The molecule has 1 spiro atoms. The third kappa shape index (κ3) is 4.80. The van der Waals surface area contributed by atoms with Gasteiger partial charge in [0.25, 0.3) is 0 Å². The second-order valence-electron chi connectivity index (χ2n) is 10.2. The van der Waals surface area contributed by atoms with Gasteiger partial charge in [0.1, 0.15) is 11.3 Å². The Labute approximate surface area is 212 Å². The second-order valence-corrected chi connectivity index (χ2v) is 10.2. The van der Waals surface area contributed by atoms with E-state index in [1.54, 1.807) is 12.0 Å². The number of rotatable bonds is 8. The molecule has 2 aliphatic heterocycles. The van der Waals surface area contributed by atoms with E-state index in [2.05, 4.69) is 29.2 Å². The number of primary amides is 1. The highest BCUT2D eigenvalue weighted by molar-refractivity contribution is 5.89. The van der Waals surface area contributed by atoms with Crippen molar-refractivity contribution in [1.82, 2.24) is 14.7 Å². The molecule has 1 saturated carbocycles. The van der Waals surface area contributed by atoms with Gasteiger partial charge in [-0.2, -0.15) is 0 Å². The van der Waals surface area contributed by atoms with Crippen LogP contribution in [0, 0.1) is 0 Å². The van der Waals surface area contributed by atoms with E-state index in [9.17, 15) is 9.59 Å². The van der Waals surface area contributed by atoms with Crippen LogP contribution in [-0.4, -0.2) is 72.3 Å². The first kappa shape index (κ1) is 24.6. The van der Waals surface area contributed by atoms with Crippen molar-refractivity contribution < 1.29 is 19.1 Å². The molecule has 192 valence electrons. The fourth-order valence-corrected chi connectivity index (χ4v) is 5.53. The van der Waals surface area contributed by atoms with Gasteiger partial charge in [-0.15, -0.1) is 0 Å². The first-order valence-corrected chi connectivity index (χ1v) is 12.8. The van der Waals surface area contributed by atoms with Crippen molar-refractivity contribution in [2.24, 2.45) is 5.73 Å². The number of hydrogen-bond donors (Lipinski definition) is 1. The molecule has 0 radical (unpaired) electrons. The van der Waals surface area contributed by atoms with Crippen LogP contribution in [0.5, 0.6) is 5.75 Å². The average Bonchev–Trinajstić information content (AvgIpc) is 3.73. The quantitative estimate of drug-likeness (QED) is 0.611. The smallest absolute Gasteiger partial charge is 0.314 e. The van der Waals surface area contributed by atoms with Gasteiger partial charge in [0.15, 0.2) is 6.35 Å². The Bertz CT molecular complexity index is 1080. The third-order valence-electron chi connectivity index (χ3n) is 8.06. The summed E-state index contributed by atoms with van der Waals surface area (Å²) in [7, 11) is 3.62. The van der Waals surface area contributed by atoms with Gasteiger partial charge in [-0.05, 0) is 73.9 Å². The molecular weight excluding hydrogens is 456 g/mol. The molecule has 3 aliphatic rings. The predicted octanol–water partition coefficient (Wildman–Crippen LogP) is 3.30. The third-order valence-corrected chi connectivity index (χ3v) is 8.06. The van der Waals surface area contributed by atoms with Crippen LogP contribution in [-0.2, 0) is 22.6 Å². The molecule has 8 heteroatoms. The first-order chi connectivity index (χ1) is 17.4. The summed E-state index contributed by atoms with van der Waals surface area (Å²) in [5.74, 6) is 1.60. The highest BCUT2D eigenvalue weighted by Crippen LogP contribution is 2.41. The molecule has 0 bridgehead atoms. The Hall–Kier alpha value is -3.10. The standard InChI is InChI=1S/C28H36N4O4/c1-30-27(36-19-21-3-7-22(8-4-21)23-9-10-23)32(16-13-20-5-11-24(35-2)12-6-20)25(33)28(30)14-17-31(18-15-28)26(29)34/h3-8,11-12,23,27H,9-10,13-19H2,1-2H3,(H2,29,34). The Balaban J connectivity index is 1.31. The van der Waals surface area contributed by atoms with Crippen LogP contribution in [0.3, 0.4) is 0 Å². The summed E-state index contributed by atoms with van der Waals surface area (Å²) >= 11 is 0. The van der Waals surface area contributed by atoms with Crippen molar-refractivity contribution in [1.29, 1.82) is 0 Å². The van der Waals surface area contributed by atoms with Crippen LogP contribution >= 0.6 is 0 Å². The topological polar surface area (TPSA) is 88.3 Å². The number of nitrogens with two attached hydrogens (primary N) is 1. The lowest BCUT2D eigenvalue weighted by Crippen LogP contribution is -2.57. The number of hydrogen-bond acceptors (Lipinski definition) is 5. The van der Waals surface area contributed by atoms with Gasteiger partial charge in [-0.1, -0.05) is 36.4 Å². The second kappa shape index (κ2) is 10.1. The largest absolute Gasteiger partial charge is 0.497 e. The highest BCUT2D eigenvalue weighted by atomic mass is 16.5. The number of methoxy groups -OCH3 is 1. The molecule has 1 atom stereocenters. The van der Waals surface area contributed by atoms with Gasteiger partial charge in [0.2, 0.25) is 5.91 Å². The fourth-order valence-electron chi connectivity index (χ4n) is 5.53. The fraction of sp³-hybridized carbons (Fsp3) is 0.500. The van der Waals surface area contributed by atoms with Crippen molar-refractivity contribution in [3.8, 4) is 5.75 Å². The number of urea groups is 1. The molecule has 8 nitrogen and oxygen atoms in total. The van der Waals surface area contributed by atoms with E-state index in [1.807, 2.05) is 36.2 Å². The van der Waals surface area contributed by atoms with Gasteiger partial charge in [0, 0.05) is 19.6 Å². The number of benzene rings is 2. The number of amides is 3. The van der Waals surface area contributed by atoms with Crippen molar-refractivity contribution in [2.75, 3.05) is 33.8 Å². The molecule has 1 aliphatic carbocycles. The number of likely N-dealkylation sites (tertiary alicyclic amines) is 1. The summed E-state index contributed by atoms with van der Waals surface area (Å²) in [6.45, 7) is 1.90. The zero-order chi connectivity index (χ0) is 25.3. The van der Waals surface area contributed by atoms with E-state index >= 15 is 0 Å². The summed E-state index contributed by atoms with van der Waals surface area (Å²) in [5.41, 5.74) is 8.44. The summed E-state index contributed by atoms with van der Waals surface area (Å²) in [6.07, 6.45) is 3.88. The van der Waals surface area contributed by atoms with Gasteiger partial charge >= 0.3 is 6.03 Å². The minimum absolute atomic E-state index is 0.0664. The normalized spacial score (nSPS) is 21.8. The minimum atomic E-state index is -0.688. The number of likely N-dealkylation sites (N-methyl/N-ethyl adjacent to an activating group) is 1. The van der Waals surface area contributed by atoms with E-state index < -0.39 is 17.9 Å². The van der Waals surface area contributed by atoms with Gasteiger partial charge in [-0.3, -0.25) is 4.79 Å². The van der Waals surface area contributed by atoms with E-state index in [-0.39, 0.29) is 5.91 Å².